The average molecular weight is 866 g/mol. The smallest absolute Gasteiger partial charge is 0.143 e. The predicted molar refractivity (Wildman–Crippen MR) is 281 cm³/mol. The Morgan fingerprint density at radius 2 is 1.26 bits per heavy atom. The molecule has 10 aromatic rings. The van der Waals surface area contributed by atoms with E-state index in [0.29, 0.717) is 0 Å². The number of thiophene rings is 1. The van der Waals surface area contributed by atoms with Crippen LogP contribution in [0.3, 0.4) is 0 Å². The molecule has 316 valence electrons. The highest BCUT2D eigenvalue weighted by Gasteiger charge is 2.30. The Kier molecular flexibility index (Phi) is 10.1. The highest BCUT2D eigenvalue weighted by molar-refractivity contribution is 7.20. The van der Waals surface area contributed by atoms with E-state index in [-0.39, 0.29) is 5.92 Å². The summed E-state index contributed by atoms with van der Waals surface area (Å²) in [6, 6.07) is 68.2. The lowest BCUT2D eigenvalue weighted by molar-refractivity contribution is 0.670. The van der Waals surface area contributed by atoms with E-state index < -0.39 is 0 Å². The zero-order chi connectivity index (χ0) is 44.1. The van der Waals surface area contributed by atoms with Crippen LogP contribution in [0.2, 0.25) is 0 Å². The Hall–Kier alpha value is -7.59. The van der Waals surface area contributed by atoms with Crippen molar-refractivity contribution in [3.05, 3.63) is 245 Å². The van der Waals surface area contributed by atoms with Crippen molar-refractivity contribution in [3.63, 3.8) is 0 Å². The number of benzene rings is 8. The maximum absolute atomic E-state index is 6.41. The summed E-state index contributed by atoms with van der Waals surface area (Å²) >= 11 is 1.93. The molecule has 0 bridgehead atoms. The fourth-order valence-corrected chi connectivity index (χ4v) is 11.9. The molecular weight excluding hydrogens is 819 g/mol. The van der Waals surface area contributed by atoms with Gasteiger partial charge in [-0.25, -0.2) is 0 Å². The number of hydrogen-bond acceptors (Lipinski definition) is 3. The van der Waals surface area contributed by atoms with Crippen molar-refractivity contribution in [3.8, 4) is 33.4 Å². The first kappa shape index (κ1) is 40.0. The molecule has 66 heavy (non-hydrogen) atoms. The fraction of sp³-hybridized carbons (Fsp3) is 0.0952. The summed E-state index contributed by atoms with van der Waals surface area (Å²) in [6.45, 7) is 4.55. The first-order valence-corrected chi connectivity index (χ1v) is 23.9. The highest BCUT2D eigenvalue weighted by atomic mass is 32.1. The molecule has 0 saturated heterocycles. The SMILES string of the molecule is CC=C(c1sc2c(C3=CC(c4ccccc4)=CCCC(c4ccccc4)=N3)cccc2c1C)C1Cc2ccccc2-c2cc(-c3ccc(-c4cccc5c4oc4ccccc45)cc3)ccc21. The van der Waals surface area contributed by atoms with Gasteiger partial charge in [-0.15, -0.1) is 11.3 Å². The van der Waals surface area contributed by atoms with Crippen LogP contribution in [0.5, 0.6) is 0 Å². The summed E-state index contributed by atoms with van der Waals surface area (Å²) in [6.07, 6.45) is 9.84. The van der Waals surface area contributed by atoms with E-state index in [2.05, 4.69) is 208 Å². The molecule has 1 atom stereocenters. The van der Waals surface area contributed by atoms with Gasteiger partial charge in [0.15, 0.2) is 0 Å². The molecule has 1 aliphatic carbocycles. The number of allylic oxidation sites excluding steroid dienone is 5. The number of furan rings is 1. The molecular formula is C63H47NOS. The molecule has 0 fully saturated rings. The van der Waals surface area contributed by atoms with Gasteiger partial charge < -0.3 is 4.42 Å². The molecule has 1 aliphatic heterocycles. The largest absolute Gasteiger partial charge is 0.455 e. The van der Waals surface area contributed by atoms with Crippen molar-refractivity contribution in [1.29, 1.82) is 0 Å². The van der Waals surface area contributed by atoms with Crippen LogP contribution < -0.4 is 0 Å². The maximum atomic E-state index is 6.41. The standard InChI is InChI=1S/C63H47NOS/c1-3-48(62-40(2)49-25-15-28-55(63(49)66-62)59-39-45(41-17-6-4-7-18-41)22-14-29-58(64-59)44-19-8-5-9-20-44)56-38-47-21-10-11-23-50(47)57-37-46(35-36-52(56)57)42-31-33-43(34-32-42)51-26-16-27-54-53-24-12-13-30-60(53)65-61(51)54/h3-13,15-28,30-37,39,56H,14,29,38H2,1-2H3. The number of hydrogen-bond donors (Lipinski definition) is 0. The van der Waals surface area contributed by atoms with Crippen LogP contribution in [0.25, 0.3) is 82.2 Å². The Bertz CT molecular complexity index is 3620. The highest BCUT2D eigenvalue weighted by Crippen LogP contribution is 2.50. The first-order valence-electron chi connectivity index (χ1n) is 23.1. The van der Waals surface area contributed by atoms with Crippen LogP contribution in [0.1, 0.15) is 63.9 Å². The normalized spacial score (nSPS) is 15.2. The third kappa shape index (κ3) is 6.99. The van der Waals surface area contributed by atoms with Gasteiger partial charge in [-0.3, -0.25) is 4.99 Å². The molecule has 3 heteroatoms. The van der Waals surface area contributed by atoms with E-state index in [1.54, 1.807) is 0 Å². The third-order valence-corrected chi connectivity index (χ3v) is 15.2. The van der Waals surface area contributed by atoms with Crippen LogP contribution in [0, 0.1) is 6.92 Å². The van der Waals surface area contributed by atoms with Gasteiger partial charge in [0.25, 0.3) is 0 Å². The van der Waals surface area contributed by atoms with Crippen molar-refractivity contribution >= 4 is 65.9 Å². The lowest BCUT2D eigenvalue weighted by Gasteiger charge is -2.30. The van der Waals surface area contributed by atoms with E-state index in [1.165, 1.54) is 81.7 Å². The van der Waals surface area contributed by atoms with E-state index in [4.69, 9.17) is 9.41 Å². The van der Waals surface area contributed by atoms with Gasteiger partial charge in [0, 0.05) is 43.1 Å². The number of nitrogens with zero attached hydrogens (tertiary/aromatic N) is 1. The van der Waals surface area contributed by atoms with Gasteiger partial charge in [-0.05, 0) is 123 Å². The van der Waals surface area contributed by atoms with Crippen LogP contribution in [0.4, 0.5) is 0 Å². The average Bonchev–Trinajstić information content (AvgIpc) is 3.92. The molecule has 12 rings (SSSR count). The molecule has 2 aromatic heterocycles. The second kappa shape index (κ2) is 16.8. The summed E-state index contributed by atoms with van der Waals surface area (Å²) in [5.41, 5.74) is 21.6. The van der Waals surface area contributed by atoms with E-state index in [1.807, 2.05) is 23.5 Å². The Balaban J connectivity index is 0.931. The minimum Gasteiger partial charge on any atom is -0.455 e. The minimum atomic E-state index is 0.201. The number of aliphatic imine (C=N–C) groups is 1. The molecule has 8 aromatic carbocycles. The topological polar surface area (TPSA) is 25.5 Å². The summed E-state index contributed by atoms with van der Waals surface area (Å²) in [7, 11) is 0. The first-order chi connectivity index (χ1) is 32.6. The second-order valence-corrected chi connectivity index (χ2v) is 18.6. The zero-order valence-corrected chi connectivity index (χ0v) is 37.9. The summed E-state index contributed by atoms with van der Waals surface area (Å²) in [4.78, 5) is 6.90. The predicted octanol–water partition coefficient (Wildman–Crippen LogP) is 17.6. The molecule has 0 saturated carbocycles. The number of aryl methyl sites for hydroxylation is 1. The van der Waals surface area contributed by atoms with Crippen molar-refractivity contribution < 1.29 is 4.42 Å². The summed E-state index contributed by atoms with van der Waals surface area (Å²) < 4.78 is 7.69. The van der Waals surface area contributed by atoms with Crippen LogP contribution >= 0.6 is 11.3 Å². The Labute approximate surface area is 390 Å². The second-order valence-electron chi connectivity index (χ2n) is 17.6. The molecule has 1 unspecified atom stereocenters. The Morgan fingerprint density at radius 3 is 2.08 bits per heavy atom. The monoisotopic (exact) mass is 865 g/mol. The molecule has 2 nitrogen and oxygen atoms in total. The molecule has 0 spiro atoms. The fourth-order valence-electron chi connectivity index (χ4n) is 10.5. The minimum absolute atomic E-state index is 0.201. The molecule has 0 N–H and O–H groups in total. The number of rotatable bonds is 7. The molecule has 2 aliphatic rings. The van der Waals surface area contributed by atoms with Gasteiger partial charge in [-0.1, -0.05) is 188 Å². The summed E-state index contributed by atoms with van der Waals surface area (Å²) in [5, 5.41) is 3.59. The van der Waals surface area contributed by atoms with Gasteiger partial charge in [0.2, 0.25) is 0 Å². The van der Waals surface area contributed by atoms with E-state index >= 15 is 0 Å². The Morgan fingerprint density at radius 1 is 0.591 bits per heavy atom. The van der Waals surface area contributed by atoms with Gasteiger partial charge in [0.1, 0.15) is 11.2 Å². The van der Waals surface area contributed by atoms with Gasteiger partial charge in [-0.2, -0.15) is 0 Å². The van der Waals surface area contributed by atoms with Crippen LogP contribution in [-0.2, 0) is 6.42 Å². The van der Waals surface area contributed by atoms with Gasteiger partial charge >= 0.3 is 0 Å². The molecule has 3 heterocycles. The lowest BCUT2D eigenvalue weighted by atomic mass is 9.74. The van der Waals surface area contributed by atoms with Crippen molar-refractivity contribution in [2.75, 3.05) is 0 Å². The quantitative estimate of drug-likeness (QED) is 0.157. The van der Waals surface area contributed by atoms with Crippen LogP contribution in [-0.4, -0.2) is 5.71 Å². The van der Waals surface area contributed by atoms with Crippen molar-refractivity contribution in [1.82, 2.24) is 0 Å². The van der Waals surface area contributed by atoms with Gasteiger partial charge in [0.05, 0.1) is 5.70 Å². The number of fused-ring (bicyclic) bond motifs is 7. The lowest BCUT2D eigenvalue weighted by Crippen LogP contribution is -2.13. The zero-order valence-electron chi connectivity index (χ0n) is 37.1. The van der Waals surface area contributed by atoms with Crippen molar-refractivity contribution in [2.45, 2.75) is 39.0 Å². The molecule has 0 amide bonds. The van der Waals surface area contributed by atoms with Crippen molar-refractivity contribution in [2.24, 2.45) is 4.99 Å². The molecule has 0 radical (unpaired) electrons. The maximum Gasteiger partial charge on any atom is 0.143 e. The van der Waals surface area contributed by atoms with E-state index in [9.17, 15) is 0 Å². The van der Waals surface area contributed by atoms with Crippen LogP contribution in [0.15, 0.2) is 216 Å². The summed E-state index contributed by atoms with van der Waals surface area (Å²) in [5.74, 6) is 0.201. The van der Waals surface area contributed by atoms with E-state index in [0.717, 1.165) is 63.7 Å². The number of para-hydroxylation sites is 2. The third-order valence-electron chi connectivity index (χ3n) is 13.8.